The summed E-state index contributed by atoms with van der Waals surface area (Å²) in [6.45, 7) is 1.72. The van der Waals surface area contributed by atoms with Crippen molar-refractivity contribution in [2.45, 2.75) is 19.3 Å². The van der Waals surface area contributed by atoms with Gasteiger partial charge in [-0.05, 0) is 43.5 Å². The lowest BCUT2D eigenvalue weighted by molar-refractivity contribution is 0.197. The number of ether oxygens (including phenoxy) is 1. The smallest absolute Gasteiger partial charge is 0.327 e. The van der Waals surface area contributed by atoms with Gasteiger partial charge >= 0.3 is 6.03 Å². The van der Waals surface area contributed by atoms with Gasteiger partial charge in [0.2, 0.25) is 5.95 Å². The molecule has 0 atom stereocenters. The van der Waals surface area contributed by atoms with E-state index in [4.69, 9.17) is 9.84 Å². The summed E-state index contributed by atoms with van der Waals surface area (Å²) in [7, 11) is 1.64. The van der Waals surface area contributed by atoms with E-state index in [1.54, 1.807) is 19.4 Å². The first-order valence-electron chi connectivity index (χ1n) is 9.16. The van der Waals surface area contributed by atoms with E-state index in [0.717, 1.165) is 6.42 Å². The first kappa shape index (κ1) is 21.5. The Bertz CT molecular complexity index is 730. The van der Waals surface area contributed by atoms with Crippen molar-refractivity contribution < 1.29 is 19.0 Å². The van der Waals surface area contributed by atoms with Gasteiger partial charge in [-0.2, -0.15) is 4.98 Å². The van der Waals surface area contributed by atoms with Crippen LogP contribution in [0.2, 0.25) is 0 Å². The highest BCUT2D eigenvalue weighted by molar-refractivity contribution is 5.98. The van der Waals surface area contributed by atoms with Gasteiger partial charge in [-0.25, -0.2) is 19.1 Å². The molecule has 152 valence electrons. The van der Waals surface area contributed by atoms with Crippen LogP contribution in [0.4, 0.5) is 26.6 Å². The van der Waals surface area contributed by atoms with E-state index in [-0.39, 0.29) is 6.61 Å². The highest BCUT2D eigenvalue weighted by atomic mass is 19.1. The number of aromatic nitrogens is 2. The lowest BCUT2D eigenvalue weighted by Gasteiger charge is -2.22. The number of aliphatic hydroxyl groups is 1. The molecule has 3 N–H and O–H groups in total. The quantitative estimate of drug-likeness (QED) is 0.509. The molecule has 9 heteroatoms. The second-order valence-electron chi connectivity index (χ2n) is 5.99. The summed E-state index contributed by atoms with van der Waals surface area (Å²) in [6, 6.07) is 6.80. The van der Waals surface area contributed by atoms with Gasteiger partial charge in [0.05, 0.1) is 5.69 Å². The third-order valence-corrected chi connectivity index (χ3v) is 3.83. The molecular formula is C19H26FN5O3. The molecule has 2 aromatic rings. The van der Waals surface area contributed by atoms with Crippen LogP contribution >= 0.6 is 0 Å². The van der Waals surface area contributed by atoms with Crippen molar-refractivity contribution in [1.29, 1.82) is 0 Å². The summed E-state index contributed by atoms with van der Waals surface area (Å²) < 4.78 is 18.3. The summed E-state index contributed by atoms with van der Waals surface area (Å²) >= 11 is 0. The number of halogens is 1. The summed E-state index contributed by atoms with van der Waals surface area (Å²) in [5, 5.41) is 14.7. The van der Waals surface area contributed by atoms with Crippen LogP contribution in [-0.4, -0.2) is 54.5 Å². The number of urea groups is 1. The molecule has 2 rings (SSSR count). The zero-order valence-electron chi connectivity index (χ0n) is 15.9. The molecule has 8 nitrogen and oxygen atoms in total. The van der Waals surface area contributed by atoms with Gasteiger partial charge in [-0.1, -0.05) is 0 Å². The van der Waals surface area contributed by atoms with Crippen molar-refractivity contribution >= 4 is 23.5 Å². The number of anilines is 3. The van der Waals surface area contributed by atoms with Crippen LogP contribution in [0.15, 0.2) is 36.5 Å². The fourth-order valence-corrected chi connectivity index (χ4v) is 2.43. The molecule has 1 aromatic heterocycles. The molecule has 0 radical (unpaired) electrons. The molecule has 0 saturated carbocycles. The topological polar surface area (TPSA) is 99.6 Å². The number of aliphatic hydroxyl groups excluding tert-OH is 1. The van der Waals surface area contributed by atoms with Crippen molar-refractivity contribution in [1.82, 2.24) is 15.3 Å². The highest BCUT2D eigenvalue weighted by Crippen LogP contribution is 2.24. The van der Waals surface area contributed by atoms with Gasteiger partial charge in [-0.15, -0.1) is 0 Å². The summed E-state index contributed by atoms with van der Waals surface area (Å²) in [5.74, 6) is 0.347. The van der Waals surface area contributed by atoms with Gasteiger partial charge in [-0.3, -0.25) is 0 Å². The van der Waals surface area contributed by atoms with E-state index in [9.17, 15) is 9.18 Å². The molecule has 1 aromatic carbocycles. The van der Waals surface area contributed by atoms with Gasteiger partial charge in [0, 0.05) is 45.7 Å². The number of carbonyl (C=O) groups excluding carboxylic acids is 1. The monoisotopic (exact) mass is 391 g/mol. The number of unbranched alkanes of at least 4 members (excludes halogenated alkanes) is 1. The minimum absolute atomic E-state index is 0.0710. The van der Waals surface area contributed by atoms with Gasteiger partial charge in [0.25, 0.3) is 0 Å². The number of benzene rings is 1. The Morgan fingerprint density at radius 1 is 1.18 bits per heavy atom. The second kappa shape index (κ2) is 11.8. The molecular weight excluding hydrogens is 365 g/mol. The molecule has 0 aliphatic heterocycles. The van der Waals surface area contributed by atoms with Crippen LogP contribution < -0.4 is 15.5 Å². The molecule has 28 heavy (non-hydrogen) atoms. The minimum atomic E-state index is -0.395. The van der Waals surface area contributed by atoms with E-state index in [1.807, 2.05) is 0 Å². The molecule has 0 unspecified atom stereocenters. The lowest BCUT2D eigenvalue weighted by Crippen LogP contribution is -2.38. The summed E-state index contributed by atoms with van der Waals surface area (Å²) in [6.07, 6.45) is 3.59. The molecule has 0 aliphatic rings. The Labute approximate surface area is 163 Å². The first-order valence-corrected chi connectivity index (χ1v) is 9.16. The zero-order chi connectivity index (χ0) is 20.2. The summed E-state index contributed by atoms with van der Waals surface area (Å²) in [4.78, 5) is 22.7. The number of hydrogen-bond acceptors (Lipinski definition) is 6. The summed E-state index contributed by atoms with van der Waals surface area (Å²) in [5.41, 5.74) is 0.477. The maximum atomic E-state index is 13.3. The number of nitrogens with one attached hydrogen (secondary N) is 2. The Hall–Kier alpha value is -2.78. The minimum Gasteiger partial charge on any atom is -0.396 e. The third-order valence-electron chi connectivity index (χ3n) is 3.83. The van der Waals surface area contributed by atoms with Gasteiger partial charge in [0.15, 0.2) is 0 Å². The highest BCUT2D eigenvalue weighted by Gasteiger charge is 2.19. The fourth-order valence-electron chi connectivity index (χ4n) is 2.43. The number of hydrogen-bond donors (Lipinski definition) is 3. The number of amides is 2. The van der Waals surface area contributed by atoms with E-state index >= 15 is 0 Å². The fraction of sp³-hybridized carbons (Fsp3) is 0.421. The number of carbonyl (C=O) groups is 1. The molecule has 0 aliphatic carbocycles. The lowest BCUT2D eigenvalue weighted by atomic mass is 10.2. The maximum absolute atomic E-state index is 13.3. The molecule has 0 bridgehead atoms. The van der Waals surface area contributed by atoms with Crippen LogP contribution in [0.5, 0.6) is 0 Å². The Kier molecular flexibility index (Phi) is 9.09. The van der Waals surface area contributed by atoms with Crippen molar-refractivity contribution in [2.75, 3.05) is 43.6 Å². The average Bonchev–Trinajstić information content (AvgIpc) is 2.71. The van der Waals surface area contributed by atoms with Crippen molar-refractivity contribution in [3.05, 3.63) is 42.3 Å². The van der Waals surface area contributed by atoms with Crippen LogP contribution in [0.25, 0.3) is 0 Å². The number of methoxy groups -OCH3 is 1. The predicted octanol–water partition coefficient (Wildman–Crippen LogP) is 2.68. The van der Waals surface area contributed by atoms with E-state index in [1.165, 1.54) is 29.2 Å². The normalized spacial score (nSPS) is 10.5. The van der Waals surface area contributed by atoms with Crippen LogP contribution in [0, 0.1) is 5.82 Å². The Balaban J connectivity index is 2.18. The van der Waals surface area contributed by atoms with Crippen molar-refractivity contribution in [2.24, 2.45) is 0 Å². The second-order valence-corrected chi connectivity index (χ2v) is 5.99. The SMILES string of the molecule is COCCCNc1nccc(N(C(=O)NCCCCO)c2ccc(F)cc2)n1. The Morgan fingerprint density at radius 3 is 2.68 bits per heavy atom. The molecule has 0 fully saturated rings. The Morgan fingerprint density at radius 2 is 1.96 bits per heavy atom. The number of nitrogens with zero attached hydrogens (tertiary/aromatic N) is 3. The number of rotatable bonds is 11. The zero-order valence-corrected chi connectivity index (χ0v) is 15.9. The van der Waals surface area contributed by atoms with Gasteiger partial charge < -0.3 is 20.5 Å². The van der Waals surface area contributed by atoms with Crippen molar-refractivity contribution in [3.8, 4) is 0 Å². The van der Waals surface area contributed by atoms with Crippen LogP contribution in [0.1, 0.15) is 19.3 Å². The van der Waals surface area contributed by atoms with Crippen molar-refractivity contribution in [3.63, 3.8) is 0 Å². The van der Waals surface area contributed by atoms with E-state index in [2.05, 4.69) is 20.6 Å². The van der Waals surface area contributed by atoms with Crippen LogP contribution in [-0.2, 0) is 4.74 Å². The largest absolute Gasteiger partial charge is 0.396 e. The predicted molar refractivity (Wildman–Crippen MR) is 105 cm³/mol. The van der Waals surface area contributed by atoms with Gasteiger partial charge in [0.1, 0.15) is 11.6 Å². The maximum Gasteiger partial charge on any atom is 0.327 e. The third kappa shape index (κ3) is 6.75. The van der Waals surface area contributed by atoms with E-state index < -0.39 is 11.8 Å². The first-order chi connectivity index (χ1) is 13.7. The molecule has 0 spiro atoms. The average molecular weight is 391 g/mol. The molecule has 2 amide bonds. The van der Waals surface area contributed by atoms with Crippen LogP contribution in [0.3, 0.4) is 0 Å². The molecule has 1 heterocycles. The standard InChI is InChI=1S/C19H26FN5O3/c1-28-14-4-11-21-18-22-12-9-17(24-18)25(16-7-5-15(20)6-8-16)19(27)23-10-2-3-13-26/h5-9,12,26H,2-4,10-11,13-14H2,1H3,(H,23,27)(H,21,22,24). The van der Waals surface area contributed by atoms with E-state index in [0.29, 0.717) is 50.0 Å². The molecule has 0 saturated heterocycles.